The van der Waals surface area contributed by atoms with Crippen LogP contribution < -0.4 is 5.73 Å². The van der Waals surface area contributed by atoms with Crippen molar-refractivity contribution < 1.29 is 9.53 Å². The molecule has 2 N–H and O–H groups in total. The fourth-order valence-electron chi connectivity index (χ4n) is 2.28. The predicted molar refractivity (Wildman–Crippen MR) is 101 cm³/mol. The maximum Gasteiger partial charge on any atom is 0.404 e. The van der Waals surface area contributed by atoms with E-state index in [9.17, 15) is 4.79 Å². The van der Waals surface area contributed by atoms with Gasteiger partial charge in [0.2, 0.25) is 0 Å². The molecule has 134 valence electrons. The first-order valence-corrected chi connectivity index (χ1v) is 9.08. The molecule has 0 bridgehead atoms. The van der Waals surface area contributed by atoms with Gasteiger partial charge in [-0.3, -0.25) is 4.98 Å². The third kappa shape index (κ3) is 4.91. The lowest BCUT2D eigenvalue weighted by atomic mass is 10.3. The number of rotatable bonds is 6. The number of nitrogens with zero attached hydrogens (tertiary/aromatic N) is 3. The first-order valence-electron chi connectivity index (χ1n) is 7.51. The van der Waals surface area contributed by atoms with Crippen molar-refractivity contribution in [2.24, 2.45) is 5.73 Å². The van der Waals surface area contributed by atoms with Gasteiger partial charge in [0.1, 0.15) is 10.9 Å². The minimum atomic E-state index is -0.848. The van der Waals surface area contributed by atoms with Crippen molar-refractivity contribution >= 4 is 41.1 Å². The highest BCUT2D eigenvalue weighted by atomic mass is 35.5. The number of primary amides is 1. The van der Waals surface area contributed by atoms with Crippen LogP contribution in [0.2, 0.25) is 10.0 Å². The van der Waals surface area contributed by atoms with Crippen LogP contribution in [0.5, 0.6) is 0 Å². The summed E-state index contributed by atoms with van der Waals surface area (Å²) in [4.78, 5) is 20.2. The summed E-state index contributed by atoms with van der Waals surface area (Å²) in [6.07, 6.45) is 4.30. The van der Waals surface area contributed by atoms with Crippen LogP contribution in [0.1, 0.15) is 11.4 Å². The summed E-state index contributed by atoms with van der Waals surface area (Å²) < 4.78 is 6.84. The Morgan fingerprint density at radius 3 is 2.54 bits per heavy atom. The molecule has 0 saturated carbocycles. The van der Waals surface area contributed by atoms with Crippen LogP contribution in [-0.4, -0.2) is 20.6 Å². The van der Waals surface area contributed by atoms with Crippen molar-refractivity contribution in [2.75, 3.05) is 0 Å². The lowest BCUT2D eigenvalue weighted by molar-refractivity contribution is 0.145. The van der Waals surface area contributed by atoms with E-state index < -0.39 is 6.09 Å². The number of aromatic nitrogens is 3. The molecule has 1 aromatic carbocycles. The molecule has 0 aliphatic carbocycles. The topological polar surface area (TPSA) is 83.0 Å². The predicted octanol–water partition coefficient (Wildman–Crippen LogP) is 4.38. The molecule has 0 aliphatic heterocycles. The van der Waals surface area contributed by atoms with E-state index >= 15 is 0 Å². The third-order valence-electron chi connectivity index (χ3n) is 3.39. The second-order valence-electron chi connectivity index (χ2n) is 5.27. The Labute approximate surface area is 164 Å². The number of halogens is 2. The van der Waals surface area contributed by atoms with Gasteiger partial charge in [-0.25, -0.2) is 9.78 Å². The molecule has 0 spiro atoms. The summed E-state index contributed by atoms with van der Waals surface area (Å²) in [6.45, 7) is 0.522. The van der Waals surface area contributed by atoms with Crippen molar-refractivity contribution in [3.05, 3.63) is 70.4 Å². The molecule has 26 heavy (non-hydrogen) atoms. The molecule has 0 aliphatic rings. The maximum absolute atomic E-state index is 10.9. The standard InChI is InChI=1S/C17H14Cl2N4O2S/c18-12-5-13(19)7-14(6-12)26-16-8-22-15(10-25-17(20)24)23(16)9-11-1-3-21-4-2-11/h1-8H,9-10H2,(H2,20,24). The lowest BCUT2D eigenvalue weighted by Crippen LogP contribution is -2.15. The number of imidazole rings is 1. The number of hydrogen-bond acceptors (Lipinski definition) is 5. The van der Waals surface area contributed by atoms with E-state index in [-0.39, 0.29) is 6.61 Å². The van der Waals surface area contributed by atoms with Crippen molar-refractivity contribution in [1.82, 2.24) is 14.5 Å². The van der Waals surface area contributed by atoms with Crippen LogP contribution in [0.3, 0.4) is 0 Å². The molecule has 0 radical (unpaired) electrons. The van der Waals surface area contributed by atoms with Gasteiger partial charge in [-0.05, 0) is 35.9 Å². The Morgan fingerprint density at radius 2 is 1.88 bits per heavy atom. The van der Waals surface area contributed by atoms with Crippen LogP contribution in [0.15, 0.2) is 58.8 Å². The number of hydrogen-bond donors (Lipinski definition) is 1. The van der Waals surface area contributed by atoms with Gasteiger partial charge in [-0.15, -0.1) is 0 Å². The first kappa shape index (κ1) is 18.6. The summed E-state index contributed by atoms with van der Waals surface area (Å²) in [5, 5.41) is 1.96. The molecule has 2 heterocycles. The van der Waals surface area contributed by atoms with E-state index in [1.807, 2.05) is 28.8 Å². The van der Waals surface area contributed by atoms with Gasteiger partial charge in [0.05, 0.1) is 12.7 Å². The first-order chi connectivity index (χ1) is 12.5. The van der Waals surface area contributed by atoms with Gasteiger partial charge >= 0.3 is 6.09 Å². The van der Waals surface area contributed by atoms with E-state index in [0.717, 1.165) is 15.5 Å². The summed E-state index contributed by atoms with van der Waals surface area (Å²) in [6, 6.07) is 9.13. The molecular weight excluding hydrogens is 395 g/mol. The second kappa shape index (κ2) is 8.44. The van der Waals surface area contributed by atoms with Crippen LogP contribution in [0.25, 0.3) is 0 Å². The Bertz CT molecular complexity index is 898. The zero-order valence-corrected chi connectivity index (χ0v) is 15.8. The van der Waals surface area contributed by atoms with Crippen LogP contribution in [-0.2, 0) is 17.9 Å². The fourth-order valence-corrected chi connectivity index (χ4v) is 3.93. The van der Waals surface area contributed by atoms with Crippen LogP contribution in [0.4, 0.5) is 4.79 Å². The van der Waals surface area contributed by atoms with E-state index in [1.165, 1.54) is 11.8 Å². The zero-order valence-electron chi connectivity index (χ0n) is 13.4. The third-order valence-corrected chi connectivity index (χ3v) is 4.84. The van der Waals surface area contributed by atoms with E-state index in [1.54, 1.807) is 24.7 Å². The molecule has 3 rings (SSSR count). The monoisotopic (exact) mass is 408 g/mol. The van der Waals surface area contributed by atoms with Gasteiger partial charge in [-0.1, -0.05) is 35.0 Å². The van der Waals surface area contributed by atoms with Crippen molar-refractivity contribution in [3.8, 4) is 0 Å². The molecule has 3 aromatic rings. The zero-order chi connectivity index (χ0) is 18.5. The minimum Gasteiger partial charge on any atom is -0.442 e. The number of carbonyl (C=O) groups excluding carboxylic acids is 1. The molecule has 0 unspecified atom stereocenters. The lowest BCUT2D eigenvalue weighted by Gasteiger charge is -2.12. The molecule has 1 amide bonds. The average Bonchev–Trinajstić information content (AvgIpc) is 2.95. The fraction of sp³-hybridized carbons (Fsp3) is 0.118. The summed E-state index contributed by atoms with van der Waals surface area (Å²) in [5.74, 6) is 0.580. The number of amides is 1. The SMILES string of the molecule is NC(=O)OCc1ncc(Sc2cc(Cl)cc(Cl)c2)n1Cc1ccncc1. The van der Waals surface area contributed by atoms with E-state index in [4.69, 9.17) is 33.7 Å². The molecule has 9 heteroatoms. The van der Waals surface area contributed by atoms with Gasteiger partial charge < -0.3 is 15.0 Å². The Balaban J connectivity index is 1.91. The van der Waals surface area contributed by atoms with Crippen LogP contribution >= 0.6 is 35.0 Å². The van der Waals surface area contributed by atoms with Gasteiger partial charge in [-0.2, -0.15) is 0 Å². The highest BCUT2D eigenvalue weighted by Crippen LogP contribution is 2.33. The molecule has 0 saturated heterocycles. The molecule has 6 nitrogen and oxygen atoms in total. The van der Waals surface area contributed by atoms with Crippen molar-refractivity contribution in [2.45, 2.75) is 23.1 Å². The van der Waals surface area contributed by atoms with Crippen LogP contribution in [0, 0.1) is 0 Å². The molecule has 0 fully saturated rings. The van der Waals surface area contributed by atoms with Gasteiger partial charge in [0, 0.05) is 27.3 Å². The molecule has 0 atom stereocenters. The normalized spacial score (nSPS) is 10.7. The van der Waals surface area contributed by atoms with Gasteiger partial charge in [0.15, 0.2) is 6.61 Å². The number of carbonyl (C=O) groups is 1. The number of nitrogens with two attached hydrogens (primary N) is 1. The van der Waals surface area contributed by atoms with Crippen molar-refractivity contribution in [1.29, 1.82) is 0 Å². The minimum absolute atomic E-state index is 0.0166. The number of pyridine rings is 1. The van der Waals surface area contributed by atoms with Gasteiger partial charge in [0.25, 0.3) is 0 Å². The Morgan fingerprint density at radius 1 is 1.19 bits per heavy atom. The number of benzene rings is 1. The maximum atomic E-state index is 10.9. The highest BCUT2D eigenvalue weighted by molar-refractivity contribution is 7.99. The quantitative estimate of drug-likeness (QED) is 0.653. The largest absolute Gasteiger partial charge is 0.442 e. The second-order valence-corrected chi connectivity index (χ2v) is 7.24. The van der Waals surface area contributed by atoms with E-state index in [0.29, 0.717) is 22.4 Å². The molecule has 2 aromatic heterocycles. The summed E-state index contributed by atoms with van der Waals surface area (Å²) in [5.41, 5.74) is 6.10. The number of ether oxygens (including phenoxy) is 1. The molecular formula is C17H14Cl2N4O2S. The summed E-state index contributed by atoms with van der Waals surface area (Å²) >= 11 is 13.6. The highest BCUT2D eigenvalue weighted by Gasteiger charge is 2.14. The Hall–Kier alpha value is -2.22. The average molecular weight is 409 g/mol. The van der Waals surface area contributed by atoms with E-state index in [2.05, 4.69) is 9.97 Å². The smallest absolute Gasteiger partial charge is 0.404 e. The Kier molecular flexibility index (Phi) is 6.03. The van der Waals surface area contributed by atoms with Crippen molar-refractivity contribution in [3.63, 3.8) is 0 Å². The summed E-state index contributed by atoms with van der Waals surface area (Å²) in [7, 11) is 0.